The standard InChI is InChI=1S/C12H12BrN3O2.C10H8BrN3O2/c1-3-18-12(17)11-10(14-15-16(11)2)8-4-6-9(13)7-5-8;1-14-9(10(15)16)8(12-13-14)6-2-4-7(11)5-3-6/h4-7H,3H2,1-2H3;2-5H,1H3,(H,15,16). The fourth-order valence-corrected chi connectivity index (χ4v) is 3.52. The van der Waals surface area contributed by atoms with Crippen LogP contribution in [0.1, 0.15) is 27.9 Å². The van der Waals surface area contributed by atoms with Gasteiger partial charge in [-0.25, -0.2) is 19.0 Å². The molecule has 4 aromatic rings. The number of esters is 1. The summed E-state index contributed by atoms with van der Waals surface area (Å²) in [4.78, 5) is 22.9. The second kappa shape index (κ2) is 11.2. The predicted octanol–water partition coefficient (Wildman–Crippen LogP) is 4.36. The monoisotopic (exact) mass is 590 g/mol. The van der Waals surface area contributed by atoms with Crippen LogP contribution in [0.4, 0.5) is 0 Å². The lowest BCUT2D eigenvalue weighted by molar-refractivity contribution is 0.0514. The molecule has 1 N–H and O–H groups in total. The van der Waals surface area contributed by atoms with Gasteiger partial charge < -0.3 is 9.84 Å². The van der Waals surface area contributed by atoms with Gasteiger partial charge in [0, 0.05) is 34.2 Å². The lowest BCUT2D eigenvalue weighted by atomic mass is 10.1. The number of halogens is 2. The average molecular weight is 592 g/mol. The van der Waals surface area contributed by atoms with Crippen LogP contribution in [0.15, 0.2) is 57.5 Å². The SMILES string of the molecule is CCOC(=O)c1c(-c2ccc(Br)cc2)nnn1C.Cn1nnc(-c2ccc(Br)cc2)c1C(=O)O. The van der Waals surface area contributed by atoms with E-state index in [9.17, 15) is 9.59 Å². The van der Waals surface area contributed by atoms with Gasteiger partial charge in [-0.15, -0.1) is 10.2 Å². The van der Waals surface area contributed by atoms with Gasteiger partial charge in [-0.1, -0.05) is 66.6 Å². The first-order chi connectivity index (χ1) is 16.2. The molecule has 176 valence electrons. The first-order valence-corrected chi connectivity index (χ1v) is 11.5. The molecule has 4 rings (SSSR count). The molecule has 0 fully saturated rings. The molecule has 0 saturated carbocycles. The molecular formula is C22H20Br2N6O4. The highest BCUT2D eigenvalue weighted by atomic mass is 79.9. The first-order valence-electron chi connectivity index (χ1n) is 9.94. The Morgan fingerprint density at radius 2 is 1.24 bits per heavy atom. The van der Waals surface area contributed by atoms with E-state index in [2.05, 4.69) is 52.5 Å². The summed E-state index contributed by atoms with van der Waals surface area (Å²) in [6, 6.07) is 14.8. The van der Waals surface area contributed by atoms with Crippen LogP contribution in [0, 0.1) is 0 Å². The molecule has 0 atom stereocenters. The number of carbonyl (C=O) groups is 2. The Labute approximate surface area is 211 Å². The molecule has 0 saturated heterocycles. The van der Waals surface area contributed by atoms with Crippen molar-refractivity contribution < 1.29 is 19.4 Å². The molecule has 12 heteroatoms. The fourth-order valence-electron chi connectivity index (χ4n) is 2.99. The Kier molecular flexibility index (Phi) is 8.29. The Bertz CT molecular complexity index is 1300. The third-order valence-corrected chi connectivity index (χ3v) is 5.62. The second-order valence-corrected chi connectivity index (χ2v) is 8.69. The Hall–Kier alpha value is -3.38. The van der Waals surface area contributed by atoms with Gasteiger partial charge in [0.25, 0.3) is 0 Å². The van der Waals surface area contributed by atoms with Gasteiger partial charge in [-0.3, -0.25) is 0 Å². The van der Waals surface area contributed by atoms with Crippen LogP contribution in [0.5, 0.6) is 0 Å². The normalized spacial score (nSPS) is 10.4. The van der Waals surface area contributed by atoms with Crippen LogP contribution < -0.4 is 0 Å². The van der Waals surface area contributed by atoms with Crippen molar-refractivity contribution >= 4 is 43.8 Å². The third-order valence-electron chi connectivity index (χ3n) is 4.56. The molecule has 2 aromatic carbocycles. The predicted molar refractivity (Wildman–Crippen MR) is 131 cm³/mol. The van der Waals surface area contributed by atoms with E-state index in [0.717, 1.165) is 20.1 Å². The van der Waals surface area contributed by atoms with Gasteiger partial charge in [0.2, 0.25) is 0 Å². The summed E-state index contributed by atoms with van der Waals surface area (Å²) < 4.78 is 9.57. The summed E-state index contributed by atoms with van der Waals surface area (Å²) in [6.45, 7) is 2.09. The molecule has 10 nitrogen and oxygen atoms in total. The van der Waals surface area contributed by atoms with E-state index in [1.54, 1.807) is 33.2 Å². The summed E-state index contributed by atoms with van der Waals surface area (Å²) in [5.74, 6) is -1.45. The van der Waals surface area contributed by atoms with E-state index in [0.29, 0.717) is 23.7 Å². The third kappa shape index (κ3) is 5.75. The van der Waals surface area contributed by atoms with Crippen molar-refractivity contribution in [2.45, 2.75) is 6.92 Å². The van der Waals surface area contributed by atoms with Gasteiger partial charge in [-0.2, -0.15) is 0 Å². The van der Waals surface area contributed by atoms with Crippen molar-refractivity contribution in [1.82, 2.24) is 30.0 Å². The van der Waals surface area contributed by atoms with Gasteiger partial charge >= 0.3 is 11.9 Å². The van der Waals surface area contributed by atoms with E-state index in [1.807, 2.05) is 36.4 Å². The minimum absolute atomic E-state index is 0.0855. The maximum Gasteiger partial charge on any atom is 0.358 e. The molecule has 0 unspecified atom stereocenters. The number of aryl methyl sites for hydroxylation is 2. The molecular weight excluding hydrogens is 572 g/mol. The fraction of sp³-hybridized carbons (Fsp3) is 0.182. The number of hydrogen-bond acceptors (Lipinski definition) is 7. The number of aromatic nitrogens is 6. The molecule has 0 radical (unpaired) electrons. The minimum Gasteiger partial charge on any atom is -0.476 e. The zero-order valence-corrected chi connectivity index (χ0v) is 21.6. The summed E-state index contributed by atoms with van der Waals surface area (Å²) in [5, 5.41) is 24.5. The maximum absolute atomic E-state index is 11.9. The van der Waals surface area contributed by atoms with Crippen LogP contribution in [-0.4, -0.2) is 53.6 Å². The Balaban J connectivity index is 0.000000192. The number of hydrogen-bond donors (Lipinski definition) is 1. The molecule has 2 aromatic heterocycles. The summed E-state index contributed by atoms with van der Waals surface area (Å²) in [5.41, 5.74) is 2.91. The molecule has 0 spiro atoms. The molecule has 2 heterocycles. The zero-order chi connectivity index (χ0) is 24.8. The molecule has 0 bridgehead atoms. The van der Waals surface area contributed by atoms with Crippen LogP contribution in [-0.2, 0) is 18.8 Å². The van der Waals surface area contributed by atoms with E-state index in [1.165, 1.54) is 9.36 Å². The molecule has 34 heavy (non-hydrogen) atoms. The highest BCUT2D eigenvalue weighted by Gasteiger charge is 2.21. The van der Waals surface area contributed by atoms with Crippen molar-refractivity contribution in [3.63, 3.8) is 0 Å². The number of aromatic carboxylic acids is 1. The van der Waals surface area contributed by atoms with E-state index in [4.69, 9.17) is 9.84 Å². The summed E-state index contributed by atoms with van der Waals surface area (Å²) >= 11 is 6.68. The summed E-state index contributed by atoms with van der Waals surface area (Å²) in [7, 11) is 3.22. The first kappa shape index (κ1) is 25.2. The van der Waals surface area contributed by atoms with Crippen molar-refractivity contribution in [3.05, 3.63) is 68.9 Å². The maximum atomic E-state index is 11.9. The lowest BCUT2D eigenvalue weighted by Gasteiger charge is -2.04. The number of benzene rings is 2. The number of carboxylic acids is 1. The second-order valence-electron chi connectivity index (χ2n) is 6.86. The minimum atomic E-state index is -1.04. The van der Waals surface area contributed by atoms with Crippen LogP contribution >= 0.6 is 31.9 Å². The van der Waals surface area contributed by atoms with Crippen molar-refractivity contribution in [3.8, 4) is 22.5 Å². The number of carboxylic acid groups (broad SMARTS) is 1. The average Bonchev–Trinajstić information content (AvgIpc) is 3.38. The number of ether oxygens (including phenoxy) is 1. The van der Waals surface area contributed by atoms with Crippen LogP contribution in [0.25, 0.3) is 22.5 Å². The lowest BCUT2D eigenvalue weighted by Crippen LogP contribution is -2.11. The topological polar surface area (TPSA) is 125 Å². The Morgan fingerprint density at radius 1 is 0.824 bits per heavy atom. The van der Waals surface area contributed by atoms with E-state index >= 15 is 0 Å². The number of nitrogens with zero attached hydrogens (tertiary/aromatic N) is 6. The number of rotatable bonds is 5. The van der Waals surface area contributed by atoms with Crippen molar-refractivity contribution in [1.29, 1.82) is 0 Å². The number of carbonyl (C=O) groups excluding carboxylic acids is 1. The molecule has 0 amide bonds. The molecule has 0 aliphatic heterocycles. The van der Waals surface area contributed by atoms with Crippen LogP contribution in [0.3, 0.4) is 0 Å². The van der Waals surface area contributed by atoms with E-state index < -0.39 is 11.9 Å². The zero-order valence-electron chi connectivity index (χ0n) is 18.4. The largest absolute Gasteiger partial charge is 0.476 e. The highest BCUT2D eigenvalue weighted by molar-refractivity contribution is 9.10. The van der Waals surface area contributed by atoms with Crippen molar-refractivity contribution in [2.24, 2.45) is 14.1 Å². The van der Waals surface area contributed by atoms with Gasteiger partial charge in [0.05, 0.1) is 6.61 Å². The van der Waals surface area contributed by atoms with Crippen molar-refractivity contribution in [2.75, 3.05) is 6.61 Å². The van der Waals surface area contributed by atoms with E-state index in [-0.39, 0.29) is 5.69 Å². The quantitative estimate of drug-likeness (QED) is 0.339. The molecule has 0 aliphatic rings. The molecule has 0 aliphatic carbocycles. The highest BCUT2D eigenvalue weighted by Crippen LogP contribution is 2.24. The Morgan fingerprint density at radius 3 is 1.65 bits per heavy atom. The van der Waals surface area contributed by atoms with Gasteiger partial charge in [0.1, 0.15) is 11.4 Å². The van der Waals surface area contributed by atoms with Gasteiger partial charge in [0.15, 0.2) is 11.4 Å². The van der Waals surface area contributed by atoms with Crippen LogP contribution in [0.2, 0.25) is 0 Å². The smallest absolute Gasteiger partial charge is 0.358 e. The summed E-state index contributed by atoms with van der Waals surface area (Å²) in [6.07, 6.45) is 0. The van der Waals surface area contributed by atoms with Gasteiger partial charge in [-0.05, 0) is 31.2 Å².